The predicted octanol–water partition coefficient (Wildman–Crippen LogP) is 2.54. The van der Waals surface area contributed by atoms with Crippen molar-refractivity contribution in [2.45, 2.75) is 19.3 Å². The first-order chi connectivity index (χ1) is 16.1. The molecule has 0 atom stereocenters. The Kier molecular flexibility index (Phi) is 6.09. The molecule has 2 amide bonds. The van der Waals surface area contributed by atoms with Crippen molar-refractivity contribution in [1.29, 1.82) is 0 Å². The summed E-state index contributed by atoms with van der Waals surface area (Å²) in [5.74, 6) is 0.501. The maximum absolute atomic E-state index is 13.2. The average Bonchev–Trinajstić information content (AvgIpc) is 3.23. The number of piperidine rings is 1. The highest BCUT2D eigenvalue weighted by Crippen LogP contribution is 2.26. The van der Waals surface area contributed by atoms with Crippen molar-refractivity contribution in [3.63, 3.8) is 0 Å². The molecule has 8 heteroatoms. The van der Waals surface area contributed by atoms with E-state index < -0.39 is 0 Å². The number of carbonyl (C=O) groups excluding carboxylic acids is 2. The molecule has 2 aliphatic rings. The van der Waals surface area contributed by atoms with Crippen LogP contribution in [0.3, 0.4) is 0 Å². The molecule has 172 valence electrons. The van der Waals surface area contributed by atoms with Crippen LogP contribution >= 0.6 is 0 Å². The fourth-order valence-electron chi connectivity index (χ4n) is 4.87. The van der Waals surface area contributed by atoms with Gasteiger partial charge in [0.2, 0.25) is 0 Å². The Morgan fingerprint density at radius 3 is 2.48 bits per heavy atom. The van der Waals surface area contributed by atoms with E-state index >= 15 is 0 Å². The third kappa shape index (κ3) is 4.48. The summed E-state index contributed by atoms with van der Waals surface area (Å²) in [5, 5.41) is 5.50. The van der Waals surface area contributed by atoms with Crippen LogP contribution < -0.4 is 0 Å². The molecule has 2 saturated heterocycles. The van der Waals surface area contributed by atoms with Crippen LogP contribution in [0.5, 0.6) is 0 Å². The van der Waals surface area contributed by atoms with Gasteiger partial charge in [-0.1, -0.05) is 12.1 Å². The molecule has 0 N–H and O–H groups in total. The van der Waals surface area contributed by atoms with E-state index in [1.807, 2.05) is 53.4 Å². The minimum atomic E-state index is 0.0404. The van der Waals surface area contributed by atoms with Crippen LogP contribution in [0.2, 0.25) is 0 Å². The van der Waals surface area contributed by atoms with Crippen molar-refractivity contribution in [1.82, 2.24) is 24.6 Å². The number of fused-ring (bicyclic) bond motifs is 1. The second-order valence-electron chi connectivity index (χ2n) is 8.88. The quantitative estimate of drug-likeness (QED) is 0.614. The standard InChI is InChI=1S/C25H29N5O3/c1-28-17-21(25(32)30-12-14-33-15-13-30)23(27-28)16-18-7-10-29(11-8-18)24(31)20-4-2-6-22-19(20)5-3-9-26-22/h2-6,9,17-18H,7-8,10-16H2,1H3. The van der Waals surface area contributed by atoms with E-state index in [1.54, 1.807) is 10.9 Å². The van der Waals surface area contributed by atoms with E-state index in [0.717, 1.165) is 35.9 Å². The number of hydrogen-bond donors (Lipinski definition) is 0. The molecule has 2 aromatic heterocycles. The lowest BCUT2D eigenvalue weighted by Gasteiger charge is -2.32. The summed E-state index contributed by atoms with van der Waals surface area (Å²) in [5.41, 5.74) is 3.10. The van der Waals surface area contributed by atoms with Crippen LogP contribution in [0.1, 0.15) is 39.3 Å². The highest BCUT2D eigenvalue weighted by Gasteiger charge is 2.28. The summed E-state index contributed by atoms with van der Waals surface area (Å²) in [6, 6.07) is 9.53. The molecule has 2 aliphatic heterocycles. The number of aryl methyl sites for hydroxylation is 1. The summed E-state index contributed by atoms with van der Waals surface area (Å²) >= 11 is 0. The van der Waals surface area contributed by atoms with Crippen molar-refractivity contribution in [3.8, 4) is 0 Å². The van der Waals surface area contributed by atoms with Crippen molar-refractivity contribution < 1.29 is 14.3 Å². The van der Waals surface area contributed by atoms with Crippen molar-refractivity contribution in [2.24, 2.45) is 13.0 Å². The number of rotatable bonds is 4. The largest absolute Gasteiger partial charge is 0.378 e. The molecule has 8 nitrogen and oxygen atoms in total. The van der Waals surface area contributed by atoms with Crippen LogP contribution in [-0.2, 0) is 18.2 Å². The second-order valence-corrected chi connectivity index (χ2v) is 8.88. The molecular weight excluding hydrogens is 418 g/mol. The van der Waals surface area contributed by atoms with Crippen LogP contribution in [-0.4, -0.2) is 75.8 Å². The number of morpholine rings is 1. The smallest absolute Gasteiger partial charge is 0.257 e. The predicted molar refractivity (Wildman–Crippen MR) is 124 cm³/mol. The summed E-state index contributed by atoms with van der Waals surface area (Å²) < 4.78 is 7.11. The first kappa shape index (κ1) is 21.6. The van der Waals surface area contributed by atoms with Gasteiger partial charge in [0.25, 0.3) is 11.8 Å². The van der Waals surface area contributed by atoms with Gasteiger partial charge in [0.05, 0.1) is 30.0 Å². The molecule has 4 heterocycles. The highest BCUT2D eigenvalue weighted by atomic mass is 16.5. The Morgan fingerprint density at radius 2 is 1.70 bits per heavy atom. The number of amides is 2. The number of hydrogen-bond acceptors (Lipinski definition) is 5. The zero-order valence-electron chi connectivity index (χ0n) is 18.9. The fourth-order valence-corrected chi connectivity index (χ4v) is 4.87. The monoisotopic (exact) mass is 447 g/mol. The molecule has 0 spiro atoms. The van der Waals surface area contributed by atoms with Gasteiger partial charge in [0, 0.05) is 56.6 Å². The Bertz CT molecular complexity index is 1150. The minimum absolute atomic E-state index is 0.0404. The van der Waals surface area contributed by atoms with Gasteiger partial charge in [-0.25, -0.2) is 0 Å². The molecule has 5 rings (SSSR count). The third-order valence-electron chi connectivity index (χ3n) is 6.69. The molecule has 3 aromatic rings. The van der Waals surface area contributed by atoms with Crippen LogP contribution in [0, 0.1) is 5.92 Å². The van der Waals surface area contributed by atoms with Gasteiger partial charge in [0.1, 0.15) is 0 Å². The van der Waals surface area contributed by atoms with E-state index in [2.05, 4.69) is 10.1 Å². The van der Waals surface area contributed by atoms with E-state index in [0.29, 0.717) is 56.4 Å². The minimum Gasteiger partial charge on any atom is -0.378 e. The first-order valence-corrected chi connectivity index (χ1v) is 11.6. The number of aromatic nitrogens is 3. The normalized spacial score (nSPS) is 17.5. The molecule has 0 unspecified atom stereocenters. The van der Waals surface area contributed by atoms with Crippen LogP contribution in [0.4, 0.5) is 0 Å². The van der Waals surface area contributed by atoms with E-state index in [1.165, 1.54) is 0 Å². The Morgan fingerprint density at radius 1 is 0.970 bits per heavy atom. The van der Waals surface area contributed by atoms with E-state index in [-0.39, 0.29) is 11.8 Å². The number of pyridine rings is 1. The molecule has 0 aliphatic carbocycles. The summed E-state index contributed by atoms with van der Waals surface area (Å²) in [6.45, 7) is 3.83. The van der Waals surface area contributed by atoms with Gasteiger partial charge in [-0.05, 0) is 43.4 Å². The molecule has 0 radical (unpaired) electrons. The lowest BCUT2D eigenvalue weighted by Crippen LogP contribution is -2.41. The van der Waals surface area contributed by atoms with Crippen molar-refractivity contribution in [2.75, 3.05) is 39.4 Å². The summed E-state index contributed by atoms with van der Waals surface area (Å²) in [4.78, 5) is 34.4. The zero-order chi connectivity index (χ0) is 22.8. The van der Waals surface area contributed by atoms with Gasteiger partial charge in [-0.3, -0.25) is 19.3 Å². The summed E-state index contributed by atoms with van der Waals surface area (Å²) in [6.07, 6.45) is 6.14. The first-order valence-electron chi connectivity index (χ1n) is 11.6. The van der Waals surface area contributed by atoms with Gasteiger partial charge in [-0.2, -0.15) is 5.10 Å². The van der Waals surface area contributed by atoms with Gasteiger partial charge in [-0.15, -0.1) is 0 Å². The van der Waals surface area contributed by atoms with E-state index in [9.17, 15) is 9.59 Å². The number of ether oxygens (including phenoxy) is 1. The maximum atomic E-state index is 13.2. The zero-order valence-corrected chi connectivity index (χ0v) is 18.9. The Labute approximate surface area is 193 Å². The van der Waals surface area contributed by atoms with Crippen molar-refractivity contribution >= 4 is 22.7 Å². The van der Waals surface area contributed by atoms with Crippen LogP contribution in [0.15, 0.2) is 42.7 Å². The summed E-state index contributed by atoms with van der Waals surface area (Å²) in [7, 11) is 1.86. The SMILES string of the molecule is Cn1cc(C(=O)N2CCOCC2)c(CC2CCN(C(=O)c3cccc4ncccc34)CC2)n1. The lowest BCUT2D eigenvalue weighted by molar-refractivity contribution is 0.0302. The molecule has 33 heavy (non-hydrogen) atoms. The van der Waals surface area contributed by atoms with Crippen LogP contribution in [0.25, 0.3) is 10.9 Å². The van der Waals surface area contributed by atoms with Crippen molar-refractivity contribution in [3.05, 3.63) is 59.5 Å². The second kappa shape index (κ2) is 9.31. The number of carbonyl (C=O) groups is 2. The van der Waals surface area contributed by atoms with Gasteiger partial charge >= 0.3 is 0 Å². The number of nitrogens with zero attached hydrogens (tertiary/aromatic N) is 5. The molecule has 2 fully saturated rings. The molecule has 1 aromatic carbocycles. The number of benzene rings is 1. The fraction of sp³-hybridized carbons (Fsp3) is 0.440. The highest BCUT2D eigenvalue weighted by molar-refractivity contribution is 6.06. The molecule has 0 bridgehead atoms. The Hall–Kier alpha value is -3.26. The van der Waals surface area contributed by atoms with Gasteiger partial charge in [0.15, 0.2) is 0 Å². The number of likely N-dealkylation sites (tertiary alicyclic amines) is 1. The lowest BCUT2D eigenvalue weighted by atomic mass is 9.90. The average molecular weight is 448 g/mol. The van der Waals surface area contributed by atoms with E-state index in [4.69, 9.17) is 4.74 Å². The third-order valence-corrected chi connectivity index (χ3v) is 6.69. The maximum Gasteiger partial charge on any atom is 0.257 e. The topological polar surface area (TPSA) is 80.6 Å². The van der Waals surface area contributed by atoms with Gasteiger partial charge < -0.3 is 14.5 Å². The molecule has 0 saturated carbocycles. The molecular formula is C25H29N5O3. The Balaban J connectivity index is 1.24.